The van der Waals surface area contributed by atoms with E-state index in [0.29, 0.717) is 32.0 Å². The van der Waals surface area contributed by atoms with Gasteiger partial charge in [-0.2, -0.15) is 0 Å². The molecule has 0 radical (unpaired) electrons. The van der Waals surface area contributed by atoms with Crippen LogP contribution in [0, 0.1) is 28.6 Å². The largest absolute Gasteiger partial charge is 0.469 e. The third kappa shape index (κ3) is 2.54. The third-order valence-corrected chi connectivity index (χ3v) is 10.2. The summed E-state index contributed by atoms with van der Waals surface area (Å²) in [5, 5.41) is 0. The van der Waals surface area contributed by atoms with Gasteiger partial charge in [-0.15, -0.1) is 0 Å². The van der Waals surface area contributed by atoms with Crippen molar-refractivity contribution >= 4 is 11.9 Å². The van der Waals surface area contributed by atoms with Gasteiger partial charge in [0.1, 0.15) is 5.60 Å². The lowest BCUT2D eigenvalue weighted by Crippen LogP contribution is -2.54. The molecule has 32 heavy (non-hydrogen) atoms. The number of methoxy groups -OCH3 is 1. The van der Waals surface area contributed by atoms with Crippen LogP contribution in [0.4, 0.5) is 0 Å². The quantitative estimate of drug-likeness (QED) is 0.450. The van der Waals surface area contributed by atoms with Gasteiger partial charge < -0.3 is 18.9 Å². The van der Waals surface area contributed by atoms with Crippen LogP contribution in [-0.2, 0) is 28.5 Å². The highest BCUT2D eigenvalue weighted by Crippen LogP contribution is 2.69. The lowest BCUT2D eigenvalue weighted by Gasteiger charge is -2.57. The number of ether oxygens (including phenoxy) is 4. The van der Waals surface area contributed by atoms with Gasteiger partial charge in [0.25, 0.3) is 0 Å². The predicted molar refractivity (Wildman–Crippen MR) is 115 cm³/mol. The summed E-state index contributed by atoms with van der Waals surface area (Å²) >= 11 is 0. The van der Waals surface area contributed by atoms with Gasteiger partial charge in [-0.25, -0.2) is 0 Å². The fourth-order valence-electron chi connectivity index (χ4n) is 8.32. The molecule has 2 saturated heterocycles. The molecule has 6 aliphatic rings. The summed E-state index contributed by atoms with van der Waals surface area (Å²) in [6.45, 7) is 5.91. The maximum absolute atomic E-state index is 13.1. The summed E-state index contributed by atoms with van der Waals surface area (Å²) in [5.41, 5.74) is 2.03. The van der Waals surface area contributed by atoms with E-state index in [2.05, 4.69) is 26.0 Å². The van der Waals surface area contributed by atoms with Crippen LogP contribution in [0.2, 0.25) is 0 Å². The number of hydrogen-bond acceptors (Lipinski definition) is 6. The predicted octanol–water partition coefficient (Wildman–Crippen LogP) is 4.09. The molecule has 5 unspecified atom stereocenters. The van der Waals surface area contributed by atoms with Gasteiger partial charge in [0.2, 0.25) is 0 Å². The fraction of sp³-hybridized carbons (Fsp3) is 0.769. The van der Waals surface area contributed by atoms with Crippen LogP contribution < -0.4 is 0 Å². The van der Waals surface area contributed by atoms with E-state index in [1.165, 1.54) is 18.3 Å². The fourth-order valence-corrected chi connectivity index (χ4v) is 8.32. The Morgan fingerprint density at radius 2 is 1.91 bits per heavy atom. The molecule has 2 saturated carbocycles. The Kier molecular flexibility index (Phi) is 4.37. The lowest BCUT2D eigenvalue weighted by molar-refractivity contribution is -0.177. The molecule has 6 heteroatoms. The van der Waals surface area contributed by atoms with Crippen LogP contribution in [0.1, 0.15) is 65.2 Å². The Labute approximate surface area is 189 Å². The number of carbonyl (C=O) groups is 2. The van der Waals surface area contributed by atoms with Crippen LogP contribution in [0.15, 0.2) is 23.3 Å². The van der Waals surface area contributed by atoms with Gasteiger partial charge in [-0.3, -0.25) is 9.59 Å². The second-order valence-corrected chi connectivity index (χ2v) is 11.3. The van der Waals surface area contributed by atoms with E-state index >= 15 is 0 Å². The van der Waals surface area contributed by atoms with E-state index in [1.54, 1.807) is 0 Å². The van der Waals surface area contributed by atoms with Crippen molar-refractivity contribution in [1.82, 2.24) is 0 Å². The standard InChI is InChI=1S/C26H34O6/c1-23-10-11-26(30-12-13-31-26)15-16(23)14-17(22(28)29-3)21-18(23)4-7-24(2)19(21)5-8-25(24)9-6-20(27)32-25/h4,14,17,19,21H,5-13,15H2,1-3H3/t17-,19?,21?,23?,24?,25?/m1/s1. The van der Waals surface area contributed by atoms with Crippen molar-refractivity contribution in [2.75, 3.05) is 20.3 Å². The number of hydrogen-bond donors (Lipinski definition) is 0. The highest BCUT2D eigenvalue weighted by atomic mass is 16.7. The van der Waals surface area contributed by atoms with Crippen LogP contribution in [0.3, 0.4) is 0 Å². The molecule has 2 spiro atoms. The van der Waals surface area contributed by atoms with Crippen LogP contribution in [0.25, 0.3) is 0 Å². The molecule has 0 amide bonds. The third-order valence-electron chi connectivity index (χ3n) is 10.2. The first kappa shape index (κ1) is 20.9. The average Bonchev–Trinajstić information content (AvgIpc) is 3.47. The monoisotopic (exact) mass is 442 g/mol. The topological polar surface area (TPSA) is 71.1 Å². The summed E-state index contributed by atoms with van der Waals surface area (Å²) in [6.07, 6.45) is 11.2. The molecule has 6 rings (SSSR count). The van der Waals surface area contributed by atoms with Crippen molar-refractivity contribution in [2.45, 2.75) is 76.6 Å². The first-order valence-electron chi connectivity index (χ1n) is 12.3. The molecule has 2 aliphatic heterocycles. The highest BCUT2D eigenvalue weighted by Gasteiger charge is 2.67. The second kappa shape index (κ2) is 6.69. The van der Waals surface area contributed by atoms with E-state index in [-0.39, 0.29) is 40.2 Å². The minimum atomic E-state index is -0.530. The Balaban J connectivity index is 1.44. The van der Waals surface area contributed by atoms with Crippen molar-refractivity contribution in [3.63, 3.8) is 0 Å². The number of allylic oxidation sites excluding steroid dienone is 2. The molecule has 4 fully saturated rings. The Bertz CT molecular complexity index is 929. The minimum absolute atomic E-state index is 0.0712. The highest BCUT2D eigenvalue weighted by molar-refractivity contribution is 5.77. The summed E-state index contributed by atoms with van der Waals surface area (Å²) in [7, 11) is 1.49. The molecule has 0 aromatic carbocycles. The molecular formula is C26H34O6. The van der Waals surface area contributed by atoms with E-state index in [1.807, 2.05) is 0 Å². The summed E-state index contributed by atoms with van der Waals surface area (Å²) in [4.78, 5) is 25.3. The van der Waals surface area contributed by atoms with Crippen molar-refractivity contribution in [3.8, 4) is 0 Å². The summed E-state index contributed by atoms with van der Waals surface area (Å²) < 4.78 is 23.5. The second-order valence-electron chi connectivity index (χ2n) is 11.3. The van der Waals surface area contributed by atoms with E-state index in [4.69, 9.17) is 18.9 Å². The molecule has 0 aromatic heterocycles. The zero-order valence-electron chi connectivity index (χ0n) is 19.4. The van der Waals surface area contributed by atoms with Gasteiger partial charge >= 0.3 is 11.9 Å². The molecule has 0 aromatic rings. The van der Waals surface area contributed by atoms with Crippen molar-refractivity contribution in [2.24, 2.45) is 28.6 Å². The van der Waals surface area contributed by atoms with Gasteiger partial charge in [0.15, 0.2) is 5.79 Å². The molecular weight excluding hydrogens is 408 g/mol. The average molecular weight is 443 g/mol. The molecule has 6 nitrogen and oxygen atoms in total. The van der Waals surface area contributed by atoms with Gasteiger partial charge in [-0.1, -0.05) is 37.1 Å². The van der Waals surface area contributed by atoms with Crippen LogP contribution in [-0.4, -0.2) is 43.7 Å². The van der Waals surface area contributed by atoms with E-state index in [9.17, 15) is 9.59 Å². The van der Waals surface area contributed by atoms with Crippen molar-refractivity contribution < 1.29 is 28.5 Å². The zero-order chi connectivity index (χ0) is 22.4. The molecule has 4 aliphatic carbocycles. The smallest absolute Gasteiger partial charge is 0.313 e. The Morgan fingerprint density at radius 3 is 2.59 bits per heavy atom. The van der Waals surface area contributed by atoms with Crippen LogP contribution >= 0.6 is 0 Å². The normalized spacial score (nSPS) is 46.2. The molecule has 6 atom stereocenters. The number of carbonyl (C=O) groups excluding carboxylic acids is 2. The Morgan fingerprint density at radius 1 is 1.12 bits per heavy atom. The summed E-state index contributed by atoms with van der Waals surface area (Å²) in [5.74, 6) is -0.703. The SMILES string of the molecule is COC(=O)[C@@H]1C=C2CC3(CCC2(C)C2=CCC4(C)C(CCC45CCC(=O)O5)C21)OCCO3. The van der Waals surface area contributed by atoms with E-state index < -0.39 is 5.79 Å². The van der Waals surface area contributed by atoms with Crippen molar-refractivity contribution in [3.05, 3.63) is 23.3 Å². The maximum Gasteiger partial charge on any atom is 0.313 e. The van der Waals surface area contributed by atoms with Gasteiger partial charge in [0, 0.05) is 36.0 Å². The van der Waals surface area contributed by atoms with Gasteiger partial charge in [-0.05, 0) is 38.0 Å². The molecule has 0 bridgehead atoms. The lowest BCUT2D eigenvalue weighted by atomic mass is 9.48. The molecule has 174 valence electrons. The first-order chi connectivity index (χ1) is 15.3. The van der Waals surface area contributed by atoms with E-state index in [0.717, 1.165) is 38.5 Å². The number of rotatable bonds is 1. The first-order valence-corrected chi connectivity index (χ1v) is 12.3. The van der Waals surface area contributed by atoms with Crippen LogP contribution in [0.5, 0.6) is 0 Å². The number of fused-ring (bicyclic) bond motifs is 6. The maximum atomic E-state index is 13.1. The van der Waals surface area contributed by atoms with Crippen molar-refractivity contribution in [1.29, 1.82) is 0 Å². The zero-order valence-corrected chi connectivity index (χ0v) is 19.4. The molecule has 2 heterocycles. The van der Waals surface area contributed by atoms with Gasteiger partial charge in [0.05, 0.1) is 26.2 Å². The molecule has 0 N–H and O–H groups in total. The Hall–Kier alpha value is -1.66. The minimum Gasteiger partial charge on any atom is -0.469 e. The number of esters is 2. The summed E-state index contributed by atoms with van der Waals surface area (Å²) in [6, 6.07) is 0.